The second-order valence-corrected chi connectivity index (χ2v) is 3.87. The minimum atomic E-state index is -4.21. The molecule has 0 aliphatic carbocycles. The molecule has 1 unspecified atom stereocenters. The van der Waals surface area contributed by atoms with Crippen LogP contribution in [0, 0.1) is 0 Å². The minimum Gasteiger partial charge on any atom is -0.204 e. The van der Waals surface area contributed by atoms with E-state index >= 15 is 0 Å². The first kappa shape index (κ1) is 13.3. The Morgan fingerprint density at radius 1 is 1.19 bits per heavy atom. The van der Waals surface area contributed by atoms with Gasteiger partial charge in [-0.05, 0) is 17.5 Å². The molecule has 0 fully saturated rings. The van der Waals surface area contributed by atoms with E-state index in [-0.39, 0.29) is 5.56 Å². The summed E-state index contributed by atoms with van der Waals surface area (Å²) in [6.07, 6.45) is -3.01. The van der Waals surface area contributed by atoms with E-state index in [1.54, 1.807) is 12.1 Å². The van der Waals surface area contributed by atoms with Gasteiger partial charge in [0.05, 0.1) is 0 Å². The molecule has 90 valence electrons. The molecule has 0 aliphatic rings. The van der Waals surface area contributed by atoms with Gasteiger partial charge in [0.1, 0.15) is 5.38 Å². The van der Waals surface area contributed by atoms with Gasteiger partial charge in [-0.15, -0.1) is 11.6 Å². The Balaban J connectivity index is 2.91. The fraction of sp³-hybridized carbons (Fsp3) is 0.455. The van der Waals surface area contributed by atoms with E-state index in [2.05, 4.69) is 0 Å². The fourth-order valence-electron chi connectivity index (χ4n) is 1.26. The van der Waals surface area contributed by atoms with Crippen LogP contribution in [0.5, 0.6) is 0 Å². The molecule has 0 saturated heterocycles. The van der Waals surface area contributed by atoms with Gasteiger partial charge in [0, 0.05) is 0 Å². The number of hydrogen-bond acceptors (Lipinski definition) is 0. The van der Waals surface area contributed by atoms with Crippen molar-refractivity contribution in [1.29, 1.82) is 0 Å². The molecule has 0 spiro atoms. The van der Waals surface area contributed by atoms with E-state index < -0.39 is 17.7 Å². The van der Waals surface area contributed by atoms with Crippen molar-refractivity contribution in [3.63, 3.8) is 0 Å². The molecule has 0 nitrogen and oxygen atoms in total. The average molecular weight is 255 g/mol. The van der Waals surface area contributed by atoms with E-state index in [1.807, 2.05) is 6.92 Å². The molecule has 16 heavy (non-hydrogen) atoms. The lowest BCUT2D eigenvalue weighted by molar-refractivity contribution is -0.130. The lowest BCUT2D eigenvalue weighted by Gasteiger charge is -2.21. The highest BCUT2D eigenvalue weighted by molar-refractivity contribution is 6.21. The predicted octanol–water partition coefficient (Wildman–Crippen LogP) is 4.43. The molecular weight excluding hydrogens is 244 g/mol. The quantitative estimate of drug-likeness (QED) is 0.551. The molecule has 1 atom stereocenters. The van der Waals surface area contributed by atoms with Crippen molar-refractivity contribution in [2.24, 2.45) is 0 Å². The predicted molar refractivity (Wildman–Crippen MR) is 55.4 cm³/mol. The minimum absolute atomic E-state index is 0.00386. The summed E-state index contributed by atoms with van der Waals surface area (Å²) >= 11 is 5.36. The van der Waals surface area contributed by atoms with Crippen molar-refractivity contribution in [1.82, 2.24) is 0 Å². The van der Waals surface area contributed by atoms with Gasteiger partial charge in [-0.3, -0.25) is 0 Å². The monoisotopic (exact) mass is 254 g/mol. The third-order valence-corrected chi connectivity index (χ3v) is 2.85. The van der Waals surface area contributed by atoms with Gasteiger partial charge in [-0.2, -0.15) is 8.78 Å². The third-order valence-electron chi connectivity index (χ3n) is 2.31. The molecular formula is C11H11ClF4. The topological polar surface area (TPSA) is 0 Å². The standard InChI is InChI=1S/C11H11ClF4/c1-2-7-3-5-8(6-4-7)9(12)11(15,16)10(13)14/h3-6,9-10H,2H2,1H3. The molecule has 0 heterocycles. The van der Waals surface area contributed by atoms with Crippen molar-refractivity contribution in [2.75, 3.05) is 0 Å². The Kier molecular flexibility index (Phi) is 4.19. The maximum absolute atomic E-state index is 12.9. The summed E-state index contributed by atoms with van der Waals surface area (Å²) in [5.41, 5.74) is 0.942. The van der Waals surface area contributed by atoms with Gasteiger partial charge in [0.2, 0.25) is 0 Å². The first-order valence-corrected chi connectivity index (χ1v) is 5.22. The first-order valence-electron chi connectivity index (χ1n) is 4.78. The van der Waals surface area contributed by atoms with Crippen molar-refractivity contribution in [2.45, 2.75) is 31.1 Å². The largest absolute Gasteiger partial charge is 0.327 e. The zero-order chi connectivity index (χ0) is 12.3. The molecule has 1 aromatic rings. The van der Waals surface area contributed by atoms with Crippen LogP contribution in [-0.4, -0.2) is 12.3 Å². The molecule has 5 heteroatoms. The van der Waals surface area contributed by atoms with Crippen molar-refractivity contribution < 1.29 is 17.6 Å². The van der Waals surface area contributed by atoms with Crippen LogP contribution >= 0.6 is 11.6 Å². The van der Waals surface area contributed by atoms with Gasteiger partial charge in [0.25, 0.3) is 0 Å². The summed E-state index contributed by atoms with van der Waals surface area (Å²) in [5, 5.41) is -2.00. The number of halogens is 5. The Labute approximate surface area is 96.2 Å². The number of rotatable bonds is 4. The van der Waals surface area contributed by atoms with Crippen LogP contribution in [0.1, 0.15) is 23.4 Å². The Morgan fingerprint density at radius 3 is 2.06 bits per heavy atom. The Hall–Kier alpha value is -0.770. The third kappa shape index (κ3) is 2.67. The fourth-order valence-corrected chi connectivity index (χ4v) is 1.50. The van der Waals surface area contributed by atoms with E-state index in [9.17, 15) is 17.6 Å². The molecule has 1 aromatic carbocycles. The van der Waals surface area contributed by atoms with Crippen LogP contribution in [0.3, 0.4) is 0 Å². The lowest BCUT2D eigenvalue weighted by atomic mass is 10.0. The molecule has 0 N–H and O–H groups in total. The van der Waals surface area contributed by atoms with Gasteiger partial charge in [0.15, 0.2) is 0 Å². The zero-order valence-electron chi connectivity index (χ0n) is 8.56. The maximum Gasteiger partial charge on any atom is 0.327 e. The normalized spacial score (nSPS) is 14.2. The SMILES string of the molecule is CCc1ccc(C(Cl)C(F)(F)C(F)F)cc1. The second-order valence-electron chi connectivity index (χ2n) is 3.43. The van der Waals surface area contributed by atoms with Crippen molar-refractivity contribution >= 4 is 11.6 Å². The highest BCUT2D eigenvalue weighted by Crippen LogP contribution is 2.41. The van der Waals surface area contributed by atoms with Gasteiger partial charge >= 0.3 is 12.3 Å². The van der Waals surface area contributed by atoms with Gasteiger partial charge in [-0.1, -0.05) is 31.2 Å². The van der Waals surface area contributed by atoms with Crippen LogP contribution in [0.25, 0.3) is 0 Å². The van der Waals surface area contributed by atoms with Crippen molar-refractivity contribution in [3.05, 3.63) is 35.4 Å². The summed E-state index contributed by atoms with van der Waals surface area (Å²) in [5.74, 6) is -4.21. The summed E-state index contributed by atoms with van der Waals surface area (Å²) < 4.78 is 50.0. The van der Waals surface area contributed by atoms with Crippen LogP contribution in [0.15, 0.2) is 24.3 Å². The highest BCUT2D eigenvalue weighted by atomic mass is 35.5. The summed E-state index contributed by atoms with van der Waals surface area (Å²) in [6.45, 7) is 1.90. The van der Waals surface area contributed by atoms with Crippen LogP contribution in [-0.2, 0) is 6.42 Å². The average Bonchev–Trinajstić information content (AvgIpc) is 2.28. The van der Waals surface area contributed by atoms with E-state index in [0.717, 1.165) is 12.0 Å². The smallest absolute Gasteiger partial charge is 0.204 e. The summed E-state index contributed by atoms with van der Waals surface area (Å²) in [7, 11) is 0. The molecule has 0 radical (unpaired) electrons. The highest BCUT2D eigenvalue weighted by Gasteiger charge is 2.48. The summed E-state index contributed by atoms with van der Waals surface area (Å²) in [6, 6.07) is 5.91. The molecule has 0 saturated carbocycles. The molecule has 0 aliphatic heterocycles. The van der Waals surface area contributed by atoms with Gasteiger partial charge < -0.3 is 0 Å². The summed E-state index contributed by atoms with van der Waals surface area (Å²) in [4.78, 5) is 0. The Morgan fingerprint density at radius 2 is 1.69 bits per heavy atom. The van der Waals surface area contributed by atoms with Crippen molar-refractivity contribution in [3.8, 4) is 0 Å². The molecule has 1 rings (SSSR count). The van der Waals surface area contributed by atoms with Crippen LogP contribution in [0.4, 0.5) is 17.6 Å². The number of hydrogen-bond donors (Lipinski definition) is 0. The lowest BCUT2D eigenvalue weighted by Crippen LogP contribution is -2.31. The van der Waals surface area contributed by atoms with Crippen LogP contribution < -0.4 is 0 Å². The van der Waals surface area contributed by atoms with Crippen LogP contribution in [0.2, 0.25) is 0 Å². The second kappa shape index (κ2) is 5.04. The molecule has 0 aromatic heterocycles. The Bertz CT molecular complexity index is 334. The van der Waals surface area contributed by atoms with E-state index in [0.29, 0.717) is 0 Å². The molecule has 0 amide bonds. The van der Waals surface area contributed by atoms with E-state index in [1.165, 1.54) is 12.1 Å². The van der Waals surface area contributed by atoms with E-state index in [4.69, 9.17) is 11.6 Å². The number of benzene rings is 1. The zero-order valence-corrected chi connectivity index (χ0v) is 9.32. The maximum atomic E-state index is 12.9. The first-order chi connectivity index (χ1) is 7.39. The number of aryl methyl sites for hydroxylation is 1. The van der Waals surface area contributed by atoms with Gasteiger partial charge in [-0.25, -0.2) is 8.78 Å². The number of alkyl halides is 5. The molecule has 0 bridgehead atoms.